The maximum absolute atomic E-state index is 12.6. The third kappa shape index (κ3) is 18.6. The number of nitrogens with zero attached hydrogens (tertiary/aromatic N) is 5. The smallest absolute Gasteiger partial charge is 0.320 e. The van der Waals surface area contributed by atoms with Crippen molar-refractivity contribution in [2.45, 2.75) is 56.9 Å². The molecule has 0 aromatic heterocycles. The molecule has 2 saturated heterocycles. The van der Waals surface area contributed by atoms with Crippen LogP contribution < -0.4 is 16.0 Å². The molecular weight excluding hydrogens is 715 g/mol. The van der Waals surface area contributed by atoms with Crippen LogP contribution in [0.15, 0.2) is 0 Å². The lowest BCUT2D eigenvalue weighted by molar-refractivity contribution is -0.145. The minimum atomic E-state index is -1.20. The predicted molar refractivity (Wildman–Crippen MR) is 190 cm³/mol. The van der Waals surface area contributed by atoms with E-state index < -0.39 is 47.6 Å². The second-order valence-electron chi connectivity index (χ2n) is 13.2. The van der Waals surface area contributed by atoms with E-state index in [1.807, 2.05) is 0 Å². The minimum Gasteiger partial charge on any atom is -0.480 e. The summed E-state index contributed by atoms with van der Waals surface area (Å²) in [5.41, 5.74) is 0. The molecule has 21 nitrogen and oxygen atoms in total. The molecule has 2 aliphatic rings. The van der Waals surface area contributed by atoms with E-state index in [9.17, 15) is 63.8 Å². The normalized spacial score (nSPS) is 18.8. The molecule has 54 heavy (non-hydrogen) atoms. The number of amides is 4. The van der Waals surface area contributed by atoms with E-state index in [0.717, 1.165) is 13.9 Å². The van der Waals surface area contributed by atoms with Crippen LogP contribution in [0.1, 0.15) is 44.9 Å². The van der Waals surface area contributed by atoms with Crippen LogP contribution in [0, 0.1) is 0 Å². The zero-order valence-electron chi connectivity index (χ0n) is 30.5. The molecule has 0 aromatic rings. The first-order valence-corrected chi connectivity index (χ1v) is 18.0. The molecule has 303 valence electrons. The SMILES string of the molecule is O=C(O)CN1CCN(CC(=O)O)CCN(C(CCC(=O)NCCCCC(=O)NCC(=O)NCC(=O)N2CCC[C@H]2[B]O)C(=O)O)CCN(CC(=O)O)CC1. The summed E-state index contributed by atoms with van der Waals surface area (Å²) in [7, 11) is 0.959. The first kappa shape index (κ1) is 45.8. The van der Waals surface area contributed by atoms with E-state index >= 15 is 0 Å². The topological polar surface area (TPSA) is 290 Å². The molecule has 8 N–H and O–H groups in total. The van der Waals surface area contributed by atoms with Crippen LogP contribution in [0.5, 0.6) is 0 Å². The number of likely N-dealkylation sites (tertiary alicyclic amines) is 1. The Morgan fingerprint density at radius 1 is 0.611 bits per heavy atom. The van der Waals surface area contributed by atoms with E-state index in [4.69, 9.17) is 0 Å². The summed E-state index contributed by atoms with van der Waals surface area (Å²) in [5.74, 6) is -6.57. The van der Waals surface area contributed by atoms with Crippen molar-refractivity contribution >= 4 is 55.0 Å². The quantitative estimate of drug-likeness (QED) is 0.0405. The fourth-order valence-corrected chi connectivity index (χ4v) is 6.23. The molecule has 1 unspecified atom stereocenters. The van der Waals surface area contributed by atoms with Gasteiger partial charge < -0.3 is 46.3 Å². The van der Waals surface area contributed by atoms with Crippen molar-refractivity contribution in [2.24, 2.45) is 0 Å². The van der Waals surface area contributed by atoms with Gasteiger partial charge in [0.2, 0.25) is 23.6 Å². The second kappa shape index (κ2) is 24.8. The number of hydrogen-bond acceptors (Lipinski definition) is 13. The maximum Gasteiger partial charge on any atom is 0.320 e. The Kier molecular flexibility index (Phi) is 21.1. The van der Waals surface area contributed by atoms with E-state index in [2.05, 4.69) is 16.0 Å². The number of carboxylic acids is 4. The van der Waals surface area contributed by atoms with Gasteiger partial charge in [0.1, 0.15) is 6.04 Å². The van der Waals surface area contributed by atoms with Gasteiger partial charge in [0.05, 0.1) is 32.7 Å². The molecule has 0 aliphatic carbocycles. The summed E-state index contributed by atoms with van der Waals surface area (Å²) in [5, 5.41) is 55.1. The number of carbonyl (C=O) groups is 8. The number of unbranched alkanes of at least 4 members (excludes halogenated alkanes) is 1. The Hall–Kier alpha value is -4.38. The standard InChI is InChI=1S/C32H54BN8O13/c42-25(35-18-27(44)36-19-28(45)41-9-3-4-24(41)33-54)5-1-2-8-34-26(43)7-6-23(32(52)53)40-16-14-38(21-30(48)49)12-10-37(20-29(46)47)11-13-39(15-17-40)22-31(50)51/h23-24,54H,1-22H2,(H,34,43)(H,35,42)(H,36,44)(H,46,47)(H,48,49)(H,50,51)(H,52,53)/t23?,24-/m0/s1. The van der Waals surface area contributed by atoms with Crippen molar-refractivity contribution in [3.63, 3.8) is 0 Å². The van der Waals surface area contributed by atoms with Crippen LogP contribution in [-0.2, 0) is 38.4 Å². The molecular formula is C32H54BN8O13. The van der Waals surface area contributed by atoms with Gasteiger partial charge >= 0.3 is 31.4 Å². The van der Waals surface area contributed by atoms with Gasteiger partial charge in [-0.3, -0.25) is 58.0 Å². The Morgan fingerprint density at radius 2 is 1.11 bits per heavy atom. The van der Waals surface area contributed by atoms with Crippen LogP contribution in [0.2, 0.25) is 0 Å². The Bertz CT molecular complexity index is 1260. The lowest BCUT2D eigenvalue weighted by Crippen LogP contribution is -2.52. The van der Waals surface area contributed by atoms with Crippen molar-refractivity contribution in [1.82, 2.24) is 40.4 Å². The minimum absolute atomic E-state index is 0.0787. The third-order valence-electron chi connectivity index (χ3n) is 9.15. The summed E-state index contributed by atoms with van der Waals surface area (Å²) < 4.78 is 0. The molecule has 2 rings (SSSR count). The van der Waals surface area contributed by atoms with Crippen molar-refractivity contribution < 1.29 is 63.8 Å². The largest absolute Gasteiger partial charge is 0.480 e. The predicted octanol–water partition coefficient (Wildman–Crippen LogP) is -4.23. The molecule has 22 heteroatoms. The Morgan fingerprint density at radius 3 is 1.61 bits per heavy atom. The van der Waals surface area contributed by atoms with Gasteiger partial charge in [-0.25, -0.2) is 0 Å². The average molecular weight is 770 g/mol. The number of nitrogens with one attached hydrogen (secondary N) is 3. The van der Waals surface area contributed by atoms with Crippen LogP contribution in [0.3, 0.4) is 0 Å². The number of carboxylic acid groups (broad SMARTS) is 4. The highest BCUT2D eigenvalue weighted by atomic mass is 16.4. The van der Waals surface area contributed by atoms with Gasteiger partial charge in [0.25, 0.3) is 0 Å². The Balaban J connectivity index is 1.82. The average Bonchev–Trinajstić information content (AvgIpc) is 3.59. The van der Waals surface area contributed by atoms with Gasteiger partial charge in [-0.15, -0.1) is 0 Å². The van der Waals surface area contributed by atoms with Crippen molar-refractivity contribution in [2.75, 3.05) is 98.2 Å². The van der Waals surface area contributed by atoms with E-state index in [1.54, 1.807) is 19.6 Å². The molecule has 0 spiro atoms. The highest BCUT2D eigenvalue weighted by Gasteiger charge is 2.30. The van der Waals surface area contributed by atoms with Gasteiger partial charge in [-0.1, -0.05) is 0 Å². The highest BCUT2D eigenvalue weighted by molar-refractivity contribution is 6.28. The zero-order valence-corrected chi connectivity index (χ0v) is 30.5. The summed E-state index contributed by atoms with van der Waals surface area (Å²) in [6, 6.07) is -1.14. The lowest BCUT2D eigenvalue weighted by atomic mass is 9.86. The number of aliphatic carboxylic acids is 4. The lowest BCUT2D eigenvalue weighted by Gasteiger charge is -2.35. The Labute approximate surface area is 314 Å². The van der Waals surface area contributed by atoms with Gasteiger partial charge in [0.15, 0.2) is 0 Å². The van der Waals surface area contributed by atoms with E-state index in [-0.39, 0.29) is 123 Å². The maximum atomic E-state index is 12.6. The van der Waals surface area contributed by atoms with Crippen molar-refractivity contribution in [1.29, 1.82) is 0 Å². The first-order chi connectivity index (χ1) is 25.7. The van der Waals surface area contributed by atoms with Crippen LogP contribution in [0.25, 0.3) is 0 Å². The van der Waals surface area contributed by atoms with Crippen molar-refractivity contribution in [3.8, 4) is 0 Å². The number of rotatable bonds is 21. The molecule has 4 amide bonds. The number of carbonyl (C=O) groups excluding carboxylic acids is 4. The van der Waals surface area contributed by atoms with Gasteiger partial charge in [-0.2, -0.15) is 0 Å². The molecule has 2 atom stereocenters. The molecule has 0 bridgehead atoms. The monoisotopic (exact) mass is 769 g/mol. The first-order valence-electron chi connectivity index (χ1n) is 18.0. The molecule has 0 saturated carbocycles. The second-order valence-corrected chi connectivity index (χ2v) is 13.2. The summed E-state index contributed by atoms with van der Waals surface area (Å²) in [4.78, 5) is 104. The molecule has 2 heterocycles. The van der Waals surface area contributed by atoms with Crippen LogP contribution in [0.4, 0.5) is 0 Å². The highest BCUT2D eigenvalue weighted by Crippen LogP contribution is 2.15. The summed E-state index contributed by atoms with van der Waals surface area (Å²) in [6.45, 7) is 0.290. The van der Waals surface area contributed by atoms with Gasteiger partial charge in [0, 0.05) is 84.2 Å². The van der Waals surface area contributed by atoms with Crippen LogP contribution >= 0.6 is 0 Å². The summed E-state index contributed by atoms with van der Waals surface area (Å²) >= 11 is 0. The molecule has 2 aliphatic heterocycles. The van der Waals surface area contributed by atoms with Gasteiger partial charge in [-0.05, 0) is 32.1 Å². The zero-order chi connectivity index (χ0) is 40.0. The van der Waals surface area contributed by atoms with Crippen LogP contribution in [-0.4, -0.2) is 215 Å². The molecule has 1 radical (unpaired) electrons. The molecule has 2 fully saturated rings. The van der Waals surface area contributed by atoms with E-state index in [1.165, 1.54) is 4.90 Å². The molecule has 0 aromatic carbocycles. The fourth-order valence-electron chi connectivity index (χ4n) is 6.23. The summed E-state index contributed by atoms with van der Waals surface area (Å²) in [6.07, 6.45) is 2.06. The van der Waals surface area contributed by atoms with Crippen molar-refractivity contribution in [3.05, 3.63) is 0 Å². The fraction of sp³-hybridized carbons (Fsp3) is 0.750. The third-order valence-corrected chi connectivity index (χ3v) is 9.15. The number of hydrogen-bond donors (Lipinski definition) is 8. The van der Waals surface area contributed by atoms with E-state index in [0.29, 0.717) is 25.8 Å².